The fourth-order valence-electron chi connectivity index (χ4n) is 3.09. The van der Waals surface area contributed by atoms with Gasteiger partial charge in [-0.05, 0) is 13.0 Å². The highest BCUT2D eigenvalue weighted by atomic mass is 16.5. The molecule has 1 saturated heterocycles. The molecule has 1 aromatic heterocycles. The Hall–Kier alpha value is -2.34. The summed E-state index contributed by atoms with van der Waals surface area (Å²) in [4.78, 5) is 22.7. The van der Waals surface area contributed by atoms with Crippen molar-refractivity contribution in [3.05, 3.63) is 23.9 Å². The van der Waals surface area contributed by atoms with E-state index < -0.39 is 0 Å². The van der Waals surface area contributed by atoms with Crippen LogP contribution >= 0.6 is 0 Å². The summed E-state index contributed by atoms with van der Waals surface area (Å²) in [5.41, 5.74) is 2.17. The van der Waals surface area contributed by atoms with Crippen LogP contribution in [0, 0.1) is 0 Å². The normalized spacial score (nSPS) is 18.2. The van der Waals surface area contributed by atoms with Crippen molar-refractivity contribution in [2.45, 2.75) is 19.0 Å². The molecule has 6 nitrogen and oxygen atoms in total. The Kier molecular flexibility index (Phi) is 2.77. The van der Waals surface area contributed by atoms with Crippen LogP contribution in [0.4, 0.5) is 5.69 Å². The van der Waals surface area contributed by atoms with Crippen molar-refractivity contribution in [2.24, 2.45) is 0 Å². The highest BCUT2D eigenvalue weighted by molar-refractivity contribution is 6.08. The number of aldehydes is 1. The Labute approximate surface area is 127 Å². The van der Waals surface area contributed by atoms with E-state index in [2.05, 4.69) is 5.32 Å². The lowest BCUT2D eigenvalue weighted by atomic mass is 9.96. The number of Topliss-reactive ketones (excluding diaryl/α,β-unsaturated/α-hetero) is 1. The number of carbonyl (C=O) groups is 2. The highest BCUT2D eigenvalue weighted by Crippen LogP contribution is 2.39. The Bertz CT molecular complexity index is 789. The second-order valence-electron chi connectivity index (χ2n) is 5.97. The zero-order valence-corrected chi connectivity index (χ0v) is 12.2. The molecule has 6 heteroatoms. The molecule has 0 saturated carbocycles. The van der Waals surface area contributed by atoms with Gasteiger partial charge in [-0.15, -0.1) is 0 Å². The predicted octanol–water partition coefficient (Wildman–Crippen LogP) is 1.62. The topological polar surface area (TPSA) is 69.6 Å². The molecule has 1 N–H and O–H groups in total. The predicted molar refractivity (Wildman–Crippen MR) is 80.7 cm³/mol. The van der Waals surface area contributed by atoms with Crippen LogP contribution in [0.1, 0.15) is 17.3 Å². The van der Waals surface area contributed by atoms with E-state index in [1.807, 2.05) is 12.1 Å². The Morgan fingerprint density at radius 2 is 2.23 bits per heavy atom. The molecule has 1 fully saturated rings. The molecule has 0 unspecified atom stereocenters. The van der Waals surface area contributed by atoms with Gasteiger partial charge in [-0.2, -0.15) is 0 Å². The van der Waals surface area contributed by atoms with Gasteiger partial charge in [-0.3, -0.25) is 4.79 Å². The molecule has 0 bridgehead atoms. The van der Waals surface area contributed by atoms with Gasteiger partial charge in [0, 0.05) is 23.2 Å². The minimum Gasteiger partial charge on any atom is -0.489 e. The molecule has 2 aliphatic rings. The molecule has 1 spiro atoms. The van der Waals surface area contributed by atoms with Gasteiger partial charge in [-0.25, -0.2) is 0 Å². The fraction of sp³-hybridized carbons (Fsp3) is 0.375. The largest absolute Gasteiger partial charge is 0.489 e. The van der Waals surface area contributed by atoms with Gasteiger partial charge in [0.1, 0.15) is 24.2 Å². The van der Waals surface area contributed by atoms with Crippen molar-refractivity contribution in [3.63, 3.8) is 0 Å². The van der Waals surface area contributed by atoms with Crippen LogP contribution in [0.15, 0.2) is 18.3 Å². The summed E-state index contributed by atoms with van der Waals surface area (Å²) < 4.78 is 12.9. The number of anilines is 1. The maximum atomic E-state index is 11.9. The third-order valence-corrected chi connectivity index (χ3v) is 4.29. The molecule has 2 aliphatic heterocycles. The van der Waals surface area contributed by atoms with Crippen LogP contribution in [0.3, 0.4) is 0 Å². The summed E-state index contributed by atoms with van der Waals surface area (Å²) in [5.74, 6) is 0.721. The number of fused-ring (bicyclic) bond motifs is 2. The monoisotopic (exact) mass is 300 g/mol. The first-order chi connectivity index (χ1) is 10.6. The van der Waals surface area contributed by atoms with Gasteiger partial charge in [-0.1, -0.05) is 0 Å². The third kappa shape index (κ3) is 1.84. The van der Waals surface area contributed by atoms with Gasteiger partial charge in [0.15, 0.2) is 5.78 Å². The van der Waals surface area contributed by atoms with Crippen LogP contribution in [-0.4, -0.2) is 42.0 Å². The van der Waals surface area contributed by atoms with Crippen LogP contribution in [-0.2, 0) is 16.1 Å². The van der Waals surface area contributed by atoms with Crippen LogP contribution in [0.2, 0.25) is 0 Å². The summed E-state index contributed by atoms with van der Waals surface area (Å²) in [6, 6.07) is 3.82. The van der Waals surface area contributed by atoms with Crippen LogP contribution in [0.25, 0.3) is 10.9 Å². The van der Waals surface area contributed by atoms with E-state index in [-0.39, 0.29) is 17.9 Å². The van der Waals surface area contributed by atoms with Crippen LogP contribution < -0.4 is 10.1 Å². The molecule has 114 valence electrons. The van der Waals surface area contributed by atoms with Gasteiger partial charge < -0.3 is 24.2 Å². The summed E-state index contributed by atoms with van der Waals surface area (Å²) in [5, 5.41) is 4.30. The fourth-order valence-corrected chi connectivity index (χ4v) is 3.09. The maximum Gasteiger partial charge on any atom is 0.161 e. The lowest BCUT2D eigenvalue weighted by Gasteiger charge is -2.45. The summed E-state index contributed by atoms with van der Waals surface area (Å²) in [6.07, 6.45) is 2.55. The van der Waals surface area contributed by atoms with Gasteiger partial charge >= 0.3 is 0 Å². The number of nitrogens with one attached hydrogen (secondary N) is 1. The minimum atomic E-state index is -0.150. The van der Waals surface area contributed by atoms with E-state index in [1.54, 1.807) is 10.8 Å². The first-order valence-electron chi connectivity index (χ1n) is 7.22. The zero-order valence-electron chi connectivity index (χ0n) is 12.2. The van der Waals surface area contributed by atoms with E-state index in [0.29, 0.717) is 25.4 Å². The number of rotatable bonds is 3. The molecule has 4 rings (SSSR count). The third-order valence-electron chi connectivity index (χ3n) is 4.29. The lowest BCUT2D eigenvalue weighted by molar-refractivity contribution is -0.108. The number of ketones is 1. The molecule has 0 aliphatic carbocycles. The molecular weight excluding hydrogens is 284 g/mol. The maximum absolute atomic E-state index is 11.9. The first-order valence-corrected chi connectivity index (χ1v) is 7.22. The minimum absolute atomic E-state index is 0.0204. The summed E-state index contributed by atoms with van der Waals surface area (Å²) in [7, 11) is 0. The van der Waals surface area contributed by atoms with E-state index >= 15 is 0 Å². The summed E-state index contributed by atoms with van der Waals surface area (Å²) >= 11 is 0. The molecule has 0 atom stereocenters. The zero-order chi connectivity index (χ0) is 15.3. The Morgan fingerprint density at radius 1 is 1.41 bits per heavy atom. The van der Waals surface area contributed by atoms with Crippen molar-refractivity contribution < 1.29 is 19.1 Å². The van der Waals surface area contributed by atoms with E-state index in [4.69, 9.17) is 9.47 Å². The summed E-state index contributed by atoms with van der Waals surface area (Å²) in [6.45, 7) is 3.55. The number of nitrogens with zero attached hydrogens (tertiary/aromatic N) is 1. The van der Waals surface area contributed by atoms with Crippen molar-refractivity contribution in [2.75, 3.05) is 25.1 Å². The van der Waals surface area contributed by atoms with E-state index in [9.17, 15) is 9.59 Å². The highest BCUT2D eigenvalue weighted by Gasteiger charge is 2.42. The number of benzene rings is 1. The average Bonchev–Trinajstić information content (AvgIpc) is 2.81. The lowest BCUT2D eigenvalue weighted by Crippen LogP contribution is -2.61. The quantitative estimate of drug-likeness (QED) is 0.689. The van der Waals surface area contributed by atoms with Gasteiger partial charge in [0.05, 0.1) is 31.0 Å². The number of carbonyl (C=O) groups excluding carboxylic acids is 2. The number of aromatic nitrogens is 1. The molecule has 0 radical (unpaired) electrons. The number of hydrogen-bond acceptors (Lipinski definition) is 5. The smallest absolute Gasteiger partial charge is 0.161 e. The van der Waals surface area contributed by atoms with Gasteiger partial charge in [0.25, 0.3) is 0 Å². The van der Waals surface area contributed by atoms with Crippen molar-refractivity contribution in [1.29, 1.82) is 0 Å². The molecule has 22 heavy (non-hydrogen) atoms. The van der Waals surface area contributed by atoms with Crippen LogP contribution in [0.5, 0.6) is 5.75 Å². The second-order valence-corrected chi connectivity index (χ2v) is 5.97. The van der Waals surface area contributed by atoms with E-state index in [1.165, 1.54) is 6.92 Å². The van der Waals surface area contributed by atoms with E-state index in [0.717, 1.165) is 28.6 Å². The molecule has 1 aromatic carbocycles. The Morgan fingerprint density at radius 3 is 2.86 bits per heavy atom. The molecule has 0 amide bonds. The van der Waals surface area contributed by atoms with Crippen molar-refractivity contribution >= 4 is 28.7 Å². The van der Waals surface area contributed by atoms with Crippen molar-refractivity contribution in [1.82, 2.24) is 4.57 Å². The standard InChI is InChI=1S/C16H16N2O4/c1-10(20)12-6-18(2-3-19)14-5-15-13(4-11(12)14)17-16(9-22-15)7-21-8-16/h3-6,17H,2,7-9H2,1H3. The number of ether oxygens (including phenoxy) is 2. The molecular formula is C16H16N2O4. The molecule has 3 heterocycles. The van der Waals surface area contributed by atoms with Gasteiger partial charge in [0.2, 0.25) is 0 Å². The average molecular weight is 300 g/mol. The second kappa shape index (κ2) is 4.58. The Balaban J connectivity index is 1.87. The molecule has 2 aromatic rings. The first kappa shape index (κ1) is 13.3. The number of hydrogen-bond donors (Lipinski definition) is 1. The van der Waals surface area contributed by atoms with Crippen molar-refractivity contribution in [3.8, 4) is 5.75 Å². The SMILES string of the molecule is CC(=O)c1cn(CC=O)c2cc3c(cc12)NC1(COC1)CO3.